The van der Waals surface area contributed by atoms with Crippen LogP contribution in [0.2, 0.25) is 0 Å². The maximum absolute atomic E-state index is 11.7. The number of carbonyl (C=O) groups is 1. The third-order valence-corrected chi connectivity index (χ3v) is 1.42. The van der Waals surface area contributed by atoms with Crippen LogP contribution in [0.3, 0.4) is 0 Å². The number of amides is 1. The molecular weight excluding hydrogens is 211 g/mol. The largest absolute Gasteiger partial charge is 0.401 e. The summed E-state index contributed by atoms with van der Waals surface area (Å²) in [5.41, 5.74) is 0. The van der Waals surface area contributed by atoms with Gasteiger partial charge in [0.05, 0.1) is 25.6 Å². The van der Waals surface area contributed by atoms with E-state index in [1.807, 2.05) is 11.4 Å². The van der Waals surface area contributed by atoms with Crippen LogP contribution in [-0.4, -0.2) is 31.2 Å². The van der Waals surface area contributed by atoms with Gasteiger partial charge < -0.3 is 10.6 Å². The molecule has 1 unspecified atom stereocenters. The molecule has 7 heteroatoms. The normalized spacial score (nSPS) is 13.0. The second kappa shape index (κ2) is 6.24. The summed E-state index contributed by atoms with van der Waals surface area (Å²) in [6.07, 6.45) is -4.19. The highest BCUT2D eigenvalue weighted by Crippen LogP contribution is 2.11. The lowest BCUT2D eigenvalue weighted by atomic mass is 10.2. The summed E-state index contributed by atoms with van der Waals surface area (Å²) in [6.45, 7) is -0.00674. The number of rotatable bonds is 5. The molecule has 0 bridgehead atoms. The van der Waals surface area contributed by atoms with Crippen LogP contribution >= 0.6 is 0 Å². The van der Waals surface area contributed by atoms with Crippen LogP contribution in [0.5, 0.6) is 0 Å². The lowest BCUT2D eigenvalue weighted by Gasteiger charge is -2.11. The van der Waals surface area contributed by atoms with E-state index < -0.39 is 25.2 Å². The van der Waals surface area contributed by atoms with E-state index in [-0.39, 0.29) is 12.5 Å². The zero-order chi connectivity index (χ0) is 11.9. The van der Waals surface area contributed by atoms with Crippen molar-refractivity contribution < 1.29 is 18.0 Å². The Morgan fingerprint density at radius 2 is 2.13 bits per heavy atom. The zero-order valence-electron chi connectivity index (χ0n) is 8.19. The monoisotopic (exact) mass is 223 g/mol. The Morgan fingerprint density at radius 1 is 1.53 bits per heavy atom. The summed E-state index contributed by atoms with van der Waals surface area (Å²) in [7, 11) is 0. The molecule has 2 N–H and O–H groups in total. The van der Waals surface area contributed by atoms with E-state index in [4.69, 9.17) is 5.26 Å². The molecule has 15 heavy (non-hydrogen) atoms. The topological polar surface area (TPSA) is 64.9 Å². The van der Waals surface area contributed by atoms with Crippen molar-refractivity contribution in [1.82, 2.24) is 10.6 Å². The van der Waals surface area contributed by atoms with Crippen molar-refractivity contribution >= 4 is 5.91 Å². The maximum atomic E-state index is 11.7. The van der Waals surface area contributed by atoms with E-state index in [1.165, 1.54) is 0 Å². The highest BCUT2D eigenvalue weighted by Gasteiger charge is 2.26. The molecule has 0 aromatic carbocycles. The van der Waals surface area contributed by atoms with Crippen molar-refractivity contribution in [2.24, 2.45) is 0 Å². The highest BCUT2D eigenvalue weighted by molar-refractivity contribution is 5.78. The number of nitriles is 1. The summed E-state index contributed by atoms with van der Waals surface area (Å²) >= 11 is 0. The van der Waals surface area contributed by atoms with Gasteiger partial charge in [-0.05, 0) is 6.92 Å². The minimum atomic E-state index is -4.32. The quantitative estimate of drug-likeness (QED) is 0.715. The number of alkyl halides is 3. The Labute approximate surface area is 85.4 Å². The molecule has 0 radical (unpaired) electrons. The maximum Gasteiger partial charge on any atom is 0.401 e. The van der Waals surface area contributed by atoms with Crippen LogP contribution in [0, 0.1) is 11.3 Å². The smallest absolute Gasteiger partial charge is 0.352 e. The van der Waals surface area contributed by atoms with Gasteiger partial charge in [0.25, 0.3) is 0 Å². The van der Waals surface area contributed by atoms with Crippen LogP contribution in [0.15, 0.2) is 0 Å². The lowest BCUT2D eigenvalue weighted by molar-refractivity contribution is -0.128. The first-order valence-electron chi connectivity index (χ1n) is 4.29. The molecule has 0 saturated heterocycles. The standard InChI is InChI=1S/C8H12F3N3O/c1-6(2-3-12)14-7(15)4-13-5-8(9,10)11/h6,13H,2,4-5H2,1H3,(H,14,15). The Hall–Kier alpha value is -1.29. The average molecular weight is 223 g/mol. The lowest BCUT2D eigenvalue weighted by Crippen LogP contribution is -2.41. The molecule has 0 aromatic heterocycles. The fourth-order valence-corrected chi connectivity index (χ4v) is 0.832. The van der Waals surface area contributed by atoms with Gasteiger partial charge in [-0.15, -0.1) is 0 Å². The van der Waals surface area contributed by atoms with Gasteiger partial charge in [0.15, 0.2) is 0 Å². The predicted octanol–water partition coefficient (Wildman–Crippen LogP) is 0.557. The predicted molar refractivity (Wildman–Crippen MR) is 46.8 cm³/mol. The summed E-state index contributed by atoms with van der Waals surface area (Å²) < 4.78 is 35.0. The molecule has 86 valence electrons. The molecule has 0 fully saturated rings. The van der Waals surface area contributed by atoms with Gasteiger partial charge in [0, 0.05) is 6.04 Å². The molecule has 1 atom stereocenters. The fourth-order valence-electron chi connectivity index (χ4n) is 0.832. The summed E-state index contributed by atoms with van der Waals surface area (Å²) in [6, 6.07) is 1.49. The van der Waals surface area contributed by atoms with E-state index in [9.17, 15) is 18.0 Å². The van der Waals surface area contributed by atoms with Crippen LogP contribution in [-0.2, 0) is 4.79 Å². The van der Waals surface area contributed by atoms with Gasteiger partial charge in [-0.25, -0.2) is 0 Å². The van der Waals surface area contributed by atoms with E-state index in [0.717, 1.165) is 0 Å². The van der Waals surface area contributed by atoms with Crippen LogP contribution in [0.1, 0.15) is 13.3 Å². The van der Waals surface area contributed by atoms with Gasteiger partial charge in [0.1, 0.15) is 0 Å². The summed E-state index contributed by atoms with van der Waals surface area (Å²) in [5, 5.41) is 12.6. The Kier molecular flexibility index (Phi) is 5.70. The Balaban J connectivity index is 3.63. The number of halogens is 3. The molecule has 0 rings (SSSR count). The van der Waals surface area contributed by atoms with Gasteiger partial charge in [-0.2, -0.15) is 18.4 Å². The Bertz CT molecular complexity index is 246. The number of hydrogen-bond donors (Lipinski definition) is 2. The van der Waals surface area contributed by atoms with Crippen molar-refractivity contribution in [3.63, 3.8) is 0 Å². The van der Waals surface area contributed by atoms with Crippen LogP contribution < -0.4 is 10.6 Å². The summed E-state index contributed by atoms with van der Waals surface area (Å²) in [5.74, 6) is -0.554. The average Bonchev–Trinajstić information content (AvgIpc) is 2.01. The van der Waals surface area contributed by atoms with Crippen molar-refractivity contribution in [3.8, 4) is 6.07 Å². The molecule has 1 amide bonds. The molecule has 0 aliphatic carbocycles. The van der Waals surface area contributed by atoms with Crippen LogP contribution in [0.25, 0.3) is 0 Å². The van der Waals surface area contributed by atoms with E-state index in [2.05, 4.69) is 5.32 Å². The third-order valence-electron chi connectivity index (χ3n) is 1.42. The molecule has 0 aliphatic heterocycles. The molecule has 0 spiro atoms. The molecule has 0 aliphatic rings. The van der Waals surface area contributed by atoms with E-state index in [0.29, 0.717) is 0 Å². The van der Waals surface area contributed by atoms with Gasteiger partial charge >= 0.3 is 6.18 Å². The van der Waals surface area contributed by atoms with Crippen molar-refractivity contribution in [2.45, 2.75) is 25.6 Å². The number of hydrogen-bond acceptors (Lipinski definition) is 3. The second-order valence-electron chi connectivity index (χ2n) is 3.05. The SMILES string of the molecule is CC(CC#N)NC(=O)CNCC(F)(F)F. The molecule has 0 aromatic rings. The Morgan fingerprint density at radius 3 is 2.60 bits per heavy atom. The number of carbonyl (C=O) groups excluding carboxylic acids is 1. The van der Waals surface area contributed by atoms with E-state index in [1.54, 1.807) is 6.92 Å². The number of nitrogens with one attached hydrogen (secondary N) is 2. The molecule has 0 heterocycles. The van der Waals surface area contributed by atoms with Crippen molar-refractivity contribution in [2.75, 3.05) is 13.1 Å². The molecule has 4 nitrogen and oxygen atoms in total. The second-order valence-corrected chi connectivity index (χ2v) is 3.05. The molecular formula is C8H12F3N3O. The van der Waals surface area contributed by atoms with Gasteiger partial charge in [0.2, 0.25) is 5.91 Å². The molecule has 0 saturated carbocycles. The zero-order valence-corrected chi connectivity index (χ0v) is 8.19. The van der Waals surface area contributed by atoms with Gasteiger partial charge in [-0.3, -0.25) is 4.79 Å². The van der Waals surface area contributed by atoms with Crippen LogP contribution in [0.4, 0.5) is 13.2 Å². The van der Waals surface area contributed by atoms with Crippen molar-refractivity contribution in [3.05, 3.63) is 0 Å². The minimum Gasteiger partial charge on any atom is -0.352 e. The van der Waals surface area contributed by atoms with Crippen molar-refractivity contribution in [1.29, 1.82) is 5.26 Å². The van der Waals surface area contributed by atoms with Gasteiger partial charge in [-0.1, -0.05) is 0 Å². The first-order chi connectivity index (χ1) is 6.85. The fraction of sp³-hybridized carbons (Fsp3) is 0.750. The highest BCUT2D eigenvalue weighted by atomic mass is 19.4. The third kappa shape index (κ3) is 9.02. The first-order valence-corrected chi connectivity index (χ1v) is 4.29. The van der Waals surface area contributed by atoms with E-state index >= 15 is 0 Å². The summed E-state index contributed by atoms with van der Waals surface area (Å²) in [4.78, 5) is 11.0. The minimum absolute atomic E-state index is 0.130. The number of nitrogens with zero attached hydrogens (tertiary/aromatic N) is 1. The first kappa shape index (κ1) is 13.7.